The van der Waals surface area contributed by atoms with Crippen LogP contribution in [0.3, 0.4) is 0 Å². The molecule has 0 aliphatic heterocycles. The summed E-state index contributed by atoms with van der Waals surface area (Å²) in [4.78, 5) is 0. The molecule has 0 spiro atoms. The predicted molar refractivity (Wildman–Crippen MR) is 166 cm³/mol. The van der Waals surface area contributed by atoms with Crippen molar-refractivity contribution in [2.45, 2.75) is 0 Å². The molecular weight excluding hydrogens is 494 g/mol. The minimum Gasteiger partial charge on any atom is -0.455 e. The van der Waals surface area contributed by atoms with Gasteiger partial charge in [-0.2, -0.15) is 0 Å². The molecule has 0 bridgehead atoms. The van der Waals surface area contributed by atoms with Crippen LogP contribution in [0, 0.1) is 0 Å². The number of hydrogen-bond donors (Lipinski definition) is 0. The molecule has 0 fully saturated rings. The maximum absolute atomic E-state index is 6.55. The van der Waals surface area contributed by atoms with Crippen molar-refractivity contribution < 1.29 is 4.42 Å². The fourth-order valence-electron chi connectivity index (χ4n) is 6.23. The molecule has 0 saturated carbocycles. The number of thiophene rings is 1. The first kappa shape index (κ1) is 21.1. The summed E-state index contributed by atoms with van der Waals surface area (Å²) in [6.45, 7) is 0. The first-order chi connectivity index (χ1) is 19.3. The highest BCUT2D eigenvalue weighted by Gasteiger charge is 2.19. The molecule has 9 rings (SSSR count). The van der Waals surface area contributed by atoms with Crippen LogP contribution in [0.2, 0.25) is 0 Å². The molecule has 39 heavy (non-hydrogen) atoms. The number of nitrogens with zero attached hydrogens (tertiary/aromatic N) is 1. The van der Waals surface area contributed by atoms with Gasteiger partial charge >= 0.3 is 0 Å². The Morgan fingerprint density at radius 1 is 0.487 bits per heavy atom. The monoisotopic (exact) mass is 515 g/mol. The molecule has 0 radical (unpaired) electrons. The van der Waals surface area contributed by atoms with Gasteiger partial charge in [-0.05, 0) is 71.8 Å². The molecule has 0 atom stereocenters. The molecule has 0 N–H and O–H groups in total. The number of furan rings is 1. The third kappa shape index (κ3) is 2.96. The number of fused-ring (bicyclic) bond motifs is 10. The van der Waals surface area contributed by atoms with Gasteiger partial charge in [-0.3, -0.25) is 0 Å². The molecule has 182 valence electrons. The summed E-state index contributed by atoms with van der Waals surface area (Å²) in [5.74, 6) is 0. The first-order valence-corrected chi connectivity index (χ1v) is 14.0. The van der Waals surface area contributed by atoms with Crippen molar-refractivity contribution in [1.82, 2.24) is 4.57 Å². The van der Waals surface area contributed by atoms with Crippen LogP contribution in [0.15, 0.2) is 132 Å². The zero-order valence-corrected chi connectivity index (χ0v) is 21.7. The van der Waals surface area contributed by atoms with E-state index in [1.165, 1.54) is 42.2 Å². The summed E-state index contributed by atoms with van der Waals surface area (Å²) in [5.41, 5.74) is 7.78. The number of benzene rings is 6. The average Bonchev–Trinajstić information content (AvgIpc) is 3.66. The number of aromatic nitrogens is 1. The van der Waals surface area contributed by atoms with Crippen molar-refractivity contribution in [3.05, 3.63) is 127 Å². The van der Waals surface area contributed by atoms with E-state index in [2.05, 4.69) is 126 Å². The number of hydrogen-bond acceptors (Lipinski definition) is 2. The second-order valence-electron chi connectivity index (χ2n) is 10.1. The molecule has 0 aliphatic rings. The van der Waals surface area contributed by atoms with E-state index in [1.54, 1.807) is 0 Å². The Morgan fingerprint density at radius 2 is 1.18 bits per heavy atom. The summed E-state index contributed by atoms with van der Waals surface area (Å²) in [6, 6.07) is 45.8. The maximum atomic E-state index is 6.55. The topological polar surface area (TPSA) is 18.1 Å². The van der Waals surface area contributed by atoms with Gasteiger partial charge in [0.15, 0.2) is 0 Å². The lowest BCUT2D eigenvalue weighted by Gasteiger charge is -2.08. The lowest BCUT2D eigenvalue weighted by atomic mass is 10.00. The van der Waals surface area contributed by atoms with Gasteiger partial charge in [-0.25, -0.2) is 0 Å². The third-order valence-electron chi connectivity index (χ3n) is 8.00. The van der Waals surface area contributed by atoms with E-state index in [1.807, 2.05) is 17.4 Å². The zero-order chi connectivity index (χ0) is 25.5. The van der Waals surface area contributed by atoms with E-state index in [-0.39, 0.29) is 0 Å². The highest BCUT2D eigenvalue weighted by atomic mass is 32.1. The lowest BCUT2D eigenvalue weighted by molar-refractivity contribution is 0.673. The van der Waals surface area contributed by atoms with Crippen LogP contribution in [-0.4, -0.2) is 4.57 Å². The Bertz CT molecular complexity index is 2390. The molecule has 3 aromatic heterocycles. The van der Waals surface area contributed by atoms with Crippen molar-refractivity contribution in [2.75, 3.05) is 0 Å². The van der Waals surface area contributed by atoms with E-state index in [0.29, 0.717) is 0 Å². The van der Waals surface area contributed by atoms with Crippen molar-refractivity contribution >= 4 is 75.3 Å². The van der Waals surface area contributed by atoms with Gasteiger partial charge in [0, 0.05) is 42.0 Å². The fourth-order valence-corrected chi connectivity index (χ4v) is 7.31. The Labute approximate surface area is 227 Å². The Balaban J connectivity index is 1.38. The molecular formula is C36H21NOS. The van der Waals surface area contributed by atoms with Crippen molar-refractivity contribution in [3.8, 4) is 16.8 Å². The van der Waals surface area contributed by atoms with E-state index < -0.39 is 0 Å². The van der Waals surface area contributed by atoms with Gasteiger partial charge in [0.05, 0.1) is 16.4 Å². The minimum absolute atomic E-state index is 0.923. The second-order valence-corrected chi connectivity index (χ2v) is 11.2. The van der Waals surface area contributed by atoms with E-state index in [4.69, 9.17) is 4.42 Å². The Kier molecular flexibility index (Phi) is 4.24. The quantitative estimate of drug-likeness (QED) is 0.224. The largest absolute Gasteiger partial charge is 0.455 e. The maximum Gasteiger partial charge on any atom is 0.145 e. The van der Waals surface area contributed by atoms with Crippen LogP contribution < -0.4 is 0 Å². The molecule has 2 nitrogen and oxygen atoms in total. The van der Waals surface area contributed by atoms with E-state index in [9.17, 15) is 0 Å². The fraction of sp³-hybridized carbons (Fsp3) is 0. The minimum atomic E-state index is 0.923. The predicted octanol–water partition coefficient (Wildman–Crippen LogP) is 10.7. The van der Waals surface area contributed by atoms with Crippen molar-refractivity contribution in [2.24, 2.45) is 0 Å². The Hall–Kier alpha value is -4.86. The smallest absolute Gasteiger partial charge is 0.145 e. The van der Waals surface area contributed by atoms with Crippen LogP contribution >= 0.6 is 11.3 Å². The normalized spacial score (nSPS) is 12.1. The lowest BCUT2D eigenvalue weighted by Crippen LogP contribution is -1.92. The van der Waals surface area contributed by atoms with Gasteiger partial charge in [0.25, 0.3) is 0 Å². The van der Waals surface area contributed by atoms with Crippen LogP contribution in [-0.2, 0) is 0 Å². The molecule has 0 aliphatic carbocycles. The third-order valence-corrected chi connectivity index (χ3v) is 9.15. The average molecular weight is 516 g/mol. The second kappa shape index (κ2) is 7.83. The van der Waals surface area contributed by atoms with Crippen LogP contribution in [0.5, 0.6) is 0 Å². The van der Waals surface area contributed by atoms with Crippen molar-refractivity contribution in [1.29, 1.82) is 0 Å². The number of para-hydroxylation sites is 2. The molecule has 0 saturated heterocycles. The highest BCUT2D eigenvalue weighted by molar-refractivity contribution is 7.25. The summed E-state index contributed by atoms with van der Waals surface area (Å²) < 4.78 is 11.6. The SMILES string of the molecule is c1ccc(-n2c3ccc(-c4ccc5sc6ccccc6c5c4)cc3c3c4oc5ccccc5c4ccc32)cc1. The summed E-state index contributed by atoms with van der Waals surface area (Å²) in [7, 11) is 0. The van der Waals surface area contributed by atoms with Crippen LogP contribution in [0.4, 0.5) is 0 Å². The van der Waals surface area contributed by atoms with E-state index in [0.717, 1.165) is 38.5 Å². The van der Waals surface area contributed by atoms with Crippen LogP contribution in [0.1, 0.15) is 0 Å². The van der Waals surface area contributed by atoms with Crippen LogP contribution in [0.25, 0.3) is 80.7 Å². The van der Waals surface area contributed by atoms with Gasteiger partial charge < -0.3 is 8.98 Å². The summed E-state index contributed by atoms with van der Waals surface area (Å²) in [5, 5.41) is 7.31. The molecule has 0 amide bonds. The van der Waals surface area contributed by atoms with Crippen molar-refractivity contribution in [3.63, 3.8) is 0 Å². The molecule has 9 aromatic rings. The molecule has 3 heterocycles. The van der Waals surface area contributed by atoms with Gasteiger partial charge in [0.2, 0.25) is 0 Å². The molecule has 3 heteroatoms. The molecule has 6 aromatic carbocycles. The highest BCUT2D eigenvalue weighted by Crippen LogP contribution is 2.42. The number of rotatable bonds is 2. The van der Waals surface area contributed by atoms with E-state index >= 15 is 0 Å². The summed E-state index contributed by atoms with van der Waals surface area (Å²) in [6.07, 6.45) is 0. The van der Waals surface area contributed by atoms with Gasteiger partial charge in [-0.1, -0.05) is 66.7 Å². The molecule has 0 unspecified atom stereocenters. The zero-order valence-electron chi connectivity index (χ0n) is 20.9. The first-order valence-electron chi connectivity index (χ1n) is 13.2. The Morgan fingerprint density at radius 3 is 2.08 bits per heavy atom. The van der Waals surface area contributed by atoms with Gasteiger partial charge in [-0.15, -0.1) is 11.3 Å². The van der Waals surface area contributed by atoms with Gasteiger partial charge in [0.1, 0.15) is 11.2 Å². The standard InChI is InChI=1S/C36H21NOS/c1-2-8-24(9-3-1)37-30-17-14-22(23-15-19-34-28(20-23)26-11-5-7-13-33(26)39-34)21-29(30)35-31(37)18-16-27-25-10-4-6-12-32(25)38-36(27)35/h1-21H. The summed E-state index contributed by atoms with van der Waals surface area (Å²) >= 11 is 1.86.